The lowest BCUT2D eigenvalue weighted by molar-refractivity contribution is -0.145. The van der Waals surface area contributed by atoms with E-state index in [1.807, 2.05) is 6.92 Å². The zero-order valence-electron chi connectivity index (χ0n) is 12.4. The third-order valence-corrected chi connectivity index (χ3v) is 4.31. The summed E-state index contributed by atoms with van der Waals surface area (Å²) in [6.45, 7) is 3.67. The van der Waals surface area contributed by atoms with Gasteiger partial charge in [0.15, 0.2) is 11.5 Å². The van der Waals surface area contributed by atoms with Crippen LogP contribution in [0.2, 0.25) is 0 Å². The molecule has 1 aromatic carbocycles. The number of hydrogen-bond acceptors (Lipinski definition) is 4. The first-order valence-corrected chi connectivity index (χ1v) is 7.48. The van der Waals surface area contributed by atoms with Gasteiger partial charge in [0.05, 0.1) is 11.5 Å². The second-order valence-electron chi connectivity index (χ2n) is 5.79. The van der Waals surface area contributed by atoms with E-state index in [0.717, 1.165) is 0 Å². The summed E-state index contributed by atoms with van der Waals surface area (Å²) in [5.41, 5.74) is 0.484. The number of rotatable bonds is 2. The topological polar surface area (TPSA) is 76.1 Å². The van der Waals surface area contributed by atoms with Gasteiger partial charge >= 0.3 is 5.97 Å². The van der Waals surface area contributed by atoms with Crippen molar-refractivity contribution in [2.75, 3.05) is 26.3 Å². The van der Waals surface area contributed by atoms with Crippen molar-refractivity contribution in [1.82, 2.24) is 4.90 Å². The minimum absolute atomic E-state index is 0.0630. The summed E-state index contributed by atoms with van der Waals surface area (Å²) in [7, 11) is 0. The van der Waals surface area contributed by atoms with Crippen molar-refractivity contribution in [2.45, 2.75) is 13.3 Å². The van der Waals surface area contributed by atoms with Crippen LogP contribution in [0.25, 0.3) is 0 Å². The monoisotopic (exact) mass is 305 g/mol. The fourth-order valence-electron chi connectivity index (χ4n) is 3.11. The molecule has 0 spiro atoms. The number of piperidine rings is 1. The Kier molecular flexibility index (Phi) is 3.92. The molecule has 2 aliphatic heterocycles. The lowest BCUT2D eigenvalue weighted by Crippen LogP contribution is -2.45. The number of carboxylic acids is 1. The van der Waals surface area contributed by atoms with Gasteiger partial charge in [-0.25, -0.2) is 0 Å². The molecular weight excluding hydrogens is 286 g/mol. The van der Waals surface area contributed by atoms with Gasteiger partial charge in [-0.15, -0.1) is 0 Å². The molecule has 118 valence electrons. The van der Waals surface area contributed by atoms with Crippen molar-refractivity contribution in [3.63, 3.8) is 0 Å². The van der Waals surface area contributed by atoms with Crippen LogP contribution in [0.1, 0.15) is 23.7 Å². The minimum Gasteiger partial charge on any atom is -0.486 e. The molecule has 0 radical (unpaired) electrons. The van der Waals surface area contributed by atoms with E-state index in [4.69, 9.17) is 14.6 Å². The number of fused-ring (bicyclic) bond motifs is 1. The Morgan fingerprint density at radius 2 is 2.05 bits per heavy atom. The van der Waals surface area contributed by atoms with Crippen LogP contribution >= 0.6 is 0 Å². The maximum absolute atomic E-state index is 12.7. The maximum atomic E-state index is 12.7. The maximum Gasteiger partial charge on any atom is 0.306 e. The number of nitrogens with zero attached hydrogens (tertiary/aromatic N) is 1. The second-order valence-corrected chi connectivity index (χ2v) is 5.79. The van der Waals surface area contributed by atoms with Crippen molar-refractivity contribution in [3.05, 3.63) is 23.8 Å². The van der Waals surface area contributed by atoms with Crippen LogP contribution in [0.3, 0.4) is 0 Å². The molecule has 0 saturated carbocycles. The predicted molar refractivity (Wildman–Crippen MR) is 78.2 cm³/mol. The summed E-state index contributed by atoms with van der Waals surface area (Å²) < 4.78 is 11.1. The number of carboxylic acid groups (broad SMARTS) is 1. The zero-order valence-corrected chi connectivity index (χ0v) is 12.4. The van der Waals surface area contributed by atoms with Crippen LogP contribution in [0.5, 0.6) is 11.5 Å². The van der Waals surface area contributed by atoms with Gasteiger partial charge in [-0.1, -0.05) is 13.0 Å². The van der Waals surface area contributed by atoms with Crippen LogP contribution in [-0.2, 0) is 4.79 Å². The quantitative estimate of drug-likeness (QED) is 0.899. The summed E-state index contributed by atoms with van der Waals surface area (Å²) in [5.74, 6) is -0.274. The number of carbonyl (C=O) groups is 2. The molecule has 1 amide bonds. The summed E-state index contributed by atoms with van der Waals surface area (Å²) >= 11 is 0. The number of aliphatic carboxylic acids is 1. The number of amides is 1. The molecule has 2 aliphatic rings. The average Bonchev–Trinajstić information content (AvgIpc) is 2.53. The standard InChI is InChI=1S/C16H19NO5/c1-10-9-17(6-5-11(10)16(19)20)15(18)12-3-2-4-13-14(12)22-8-7-21-13/h2-4,10-11H,5-9H2,1H3,(H,19,20). The minimum atomic E-state index is -0.784. The first-order chi connectivity index (χ1) is 10.6. The molecule has 2 atom stereocenters. The van der Waals surface area contributed by atoms with E-state index in [1.165, 1.54) is 0 Å². The molecule has 1 fully saturated rings. The highest BCUT2D eigenvalue weighted by Crippen LogP contribution is 2.35. The van der Waals surface area contributed by atoms with Crippen molar-refractivity contribution < 1.29 is 24.2 Å². The molecule has 1 N–H and O–H groups in total. The molecule has 2 heterocycles. The molecule has 0 aromatic heterocycles. The van der Waals surface area contributed by atoms with Crippen LogP contribution in [0.15, 0.2) is 18.2 Å². The van der Waals surface area contributed by atoms with E-state index in [9.17, 15) is 9.59 Å². The molecule has 6 nitrogen and oxygen atoms in total. The SMILES string of the molecule is CC1CN(C(=O)c2cccc3c2OCCO3)CCC1C(=O)O. The summed E-state index contributed by atoms with van der Waals surface area (Å²) in [5, 5.41) is 9.17. The summed E-state index contributed by atoms with van der Waals surface area (Å²) in [4.78, 5) is 25.6. The normalized spacial score (nSPS) is 24.0. The molecule has 1 saturated heterocycles. The van der Waals surface area contributed by atoms with E-state index < -0.39 is 5.97 Å². The number of benzene rings is 1. The van der Waals surface area contributed by atoms with Gasteiger partial charge in [0.25, 0.3) is 5.91 Å². The first kappa shape index (κ1) is 14.7. The van der Waals surface area contributed by atoms with E-state index in [-0.39, 0.29) is 17.7 Å². The van der Waals surface area contributed by atoms with E-state index in [2.05, 4.69) is 0 Å². The van der Waals surface area contributed by atoms with Crippen molar-refractivity contribution >= 4 is 11.9 Å². The highest BCUT2D eigenvalue weighted by molar-refractivity contribution is 5.98. The Morgan fingerprint density at radius 1 is 1.27 bits per heavy atom. The Morgan fingerprint density at radius 3 is 2.77 bits per heavy atom. The Hall–Kier alpha value is -2.24. The van der Waals surface area contributed by atoms with Gasteiger partial charge in [-0.05, 0) is 24.5 Å². The molecule has 2 unspecified atom stereocenters. The lowest BCUT2D eigenvalue weighted by atomic mass is 9.87. The fourth-order valence-corrected chi connectivity index (χ4v) is 3.11. The number of hydrogen-bond donors (Lipinski definition) is 1. The Balaban J connectivity index is 1.79. The van der Waals surface area contributed by atoms with Crippen molar-refractivity contribution in [2.24, 2.45) is 11.8 Å². The second kappa shape index (κ2) is 5.87. The third-order valence-electron chi connectivity index (χ3n) is 4.31. The largest absolute Gasteiger partial charge is 0.486 e. The van der Waals surface area contributed by atoms with E-state index in [1.54, 1.807) is 23.1 Å². The highest BCUT2D eigenvalue weighted by Gasteiger charge is 2.34. The highest BCUT2D eigenvalue weighted by atomic mass is 16.6. The number of para-hydroxylation sites is 1. The van der Waals surface area contributed by atoms with E-state index >= 15 is 0 Å². The van der Waals surface area contributed by atoms with Gasteiger partial charge in [-0.2, -0.15) is 0 Å². The Labute approximate surface area is 128 Å². The van der Waals surface area contributed by atoms with Crippen LogP contribution in [0, 0.1) is 11.8 Å². The van der Waals surface area contributed by atoms with Gasteiger partial charge < -0.3 is 19.5 Å². The molecule has 0 aliphatic carbocycles. The van der Waals surface area contributed by atoms with Crippen molar-refractivity contribution in [3.8, 4) is 11.5 Å². The zero-order chi connectivity index (χ0) is 15.7. The van der Waals surface area contributed by atoms with Crippen molar-refractivity contribution in [1.29, 1.82) is 0 Å². The van der Waals surface area contributed by atoms with Crippen LogP contribution in [0.4, 0.5) is 0 Å². The predicted octanol–water partition coefficient (Wildman–Crippen LogP) is 1.64. The number of ether oxygens (including phenoxy) is 2. The third kappa shape index (κ3) is 2.61. The molecular formula is C16H19NO5. The summed E-state index contributed by atoms with van der Waals surface area (Å²) in [6, 6.07) is 5.28. The summed E-state index contributed by atoms with van der Waals surface area (Å²) in [6.07, 6.45) is 0.481. The van der Waals surface area contributed by atoms with Crippen LogP contribution in [-0.4, -0.2) is 48.2 Å². The smallest absolute Gasteiger partial charge is 0.306 e. The number of likely N-dealkylation sites (tertiary alicyclic amines) is 1. The lowest BCUT2D eigenvalue weighted by Gasteiger charge is -2.35. The van der Waals surface area contributed by atoms with Crippen LogP contribution < -0.4 is 9.47 Å². The van der Waals surface area contributed by atoms with E-state index in [0.29, 0.717) is 49.8 Å². The van der Waals surface area contributed by atoms with Gasteiger partial charge in [-0.3, -0.25) is 9.59 Å². The molecule has 1 aromatic rings. The fraction of sp³-hybridized carbons (Fsp3) is 0.500. The van der Waals surface area contributed by atoms with Gasteiger partial charge in [0.1, 0.15) is 13.2 Å². The average molecular weight is 305 g/mol. The molecule has 0 bridgehead atoms. The van der Waals surface area contributed by atoms with Gasteiger partial charge in [0, 0.05) is 13.1 Å². The number of carbonyl (C=O) groups excluding carboxylic acids is 1. The Bertz CT molecular complexity index is 600. The van der Waals surface area contributed by atoms with Gasteiger partial charge in [0.2, 0.25) is 0 Å². The molecule has 3 rings (SSSR count). The first-order valence-electron chi connectivity index (χ1n) is 7.48. The molecule has 6 heteroatoms. The molecule has 22 heavy (non-hydrogen) atoms.